The molecule has 1 saturated carbocycles. The largest absolute Gasteiger partial charge is 0.383 e. The first-order valence-corrected chi connectivity index (χ1v) is 7.93. The maximum absolute atomic E-state index is 14.5. The van der Waals surface area contributed by atoms with Gasteiger partial charge in [-0.2, -0.15) is 0 Å². The summed E-state index contributed by atoms with van der Waals surface area (Å²) in [5, 5.41) is 3.48. The molecule has 0 heterocycles. The molecule has 3 nitrogen and oxygen atoms in total. The van der Waals surface area contributed by atoms with Crippen LogP contribution in [-0.4, -0.2) is 32.3 Å². The number of anilines is 1. The van der Waals surface area contributed by atoms with E-state index in [4.69, 9.17) is 4.74 Å². The zero-order valence-electron chi connectivity index (χ0n) is 13.4. The fourth-order valence-corrected chi connectivity index (χ4v) is 2.53. The summed E-state index contributed by atoms with van der Waals surface area (Å²) in [7, 11) is 1.69. The zero-order chi connectivity index (χ0) is 15.2. The molecule has 1 unspecified atom stereocenters. The second-order valence-electron chi connectivity index (χ2n) is 5.85. The van der Waals surface area contributed by atoms with Crippen LogP contribution < -0.4 is 10.2 Å². The molecule has 2 rings (SSSR count). The number of nitrogens with zero attached hydrogens (tertiary/aromatic N) is 1. The van der Waals surface area contributed by atoms with Crippen molar-refractivity contribution in [2.24, 2.45) is 0 Å². The third-order valence-corrected chi connectivity index (χ3v) is 4.18. The molecule has 0 aromatic heterocycles. The van der Waals surface area contributed by atoms with E-state index in [1.54, 1.807) is 19.2 Å². The molecule has 1 aromatic rings. The molecule has 1 aliphatic carbocycles. The summed E-state index contributed by atoms with van der Waals surface area (Å²) in [6.45, 7) is 6.32. The van der Waals surface area contributed by atoms with Crippen molar-refractivity contribution in [3.05, 3.63) is 29.6 Å². The molecule has 0 bridgehead atoms. The van der Waals surface area contributed by atoms with Crippen molar-refractivity contribution in [3.63, 3.8) is 0 Å². The van der Waals surface area contributed by atoms with Crippen molar-refractivity contribution >= 4 is 5.69 Å². The number of benzene rings is 1. The number of para-hydroxylation sites is 1. The van der Waals surface area contributed by atoms with E-state index >= 15 is 0 Å². The maximum atomic E-state index is 14.5. The van der Waals surface area contributed by atoms with Gasteiger partial charge in [-0.15, -0.1) is 0 Å². The first kappa shape index (κ1) is 16.2. The van der Waals surface area contributed by atoms with Gasteiger partial charge in [-0.3, -0.25) is 0 Å². The molecule has 1 aromatic carbocycles. The highest BCUT2D eigenvalue weighted by Gasteiger charge is 2.23. The molecular formula is C17H27FN2O. The summed E-state index contributed by atoms with van der Waals surface area (Å²) >= 11 is 0. The van der Waals surface area contributed by atoms with Crippen molar-refractivity contribution < 1.29 is 9.13 Å². The summed E-state index contributed by atoms with van der Waals surface area (Å²) in [4.78, 5) is 2.14. The Morgan fingerprint density at radius 1 is 1.43 bits per heavy atom. The number of hydrogen-bond acceptors (Lipinski definition) is 3. The van der Waals surface area contributed by atoms with Crippen molar-refractivity contribution in [2.75, 3.05) is 25.2 Å². The lowest BCUT2D eigenvalue weighted by Gasteiger charge is -2.32. The molecular weight excluding hydrogens is 267 g/mol. The standard InChI is InChI=1S/C17H27FN2O/c1-4-13(2)20(10-11-21-3)17-14(6-5-7-16(17)18)12-19-15-8-9-15/h5-7,13,15,19H,4,8-12H2,1-3H3. The lowest BCUT2D eigenvalue weighted by Crippen LogP contribution is -2.37. The molecule has 0 amide bonds. The van der Waals surface area contributed by atoms with Crippen LogP contribution in [0.5, 0.6) is 0 Å². The molecule has 0 saturated heterocycles. The Balaban J connectivity index is 2.22. The number of rotatable bonds is 9. The minimum absolute atomic E-state index is 0.137. The summed E-state index contributed by atoms with van der Waals surface area (Å²) in [6, 6.07) is 6.29. The highest BCUT2D eigenvalue weighted by Crippen LogP contribution is 2.28. The molecule has 4 heteroatoms. The number of halogens is 1. The number of ether oxygens (including phenoxy) is 1. The van der Waals surface area contributed by atoms with E-state index in [0.29, 0.717) is 19.2 Å². The second kappa shape index (κ2) is 7.76. The summed E-state index contributed by atoms with van der Waals surface area (Å²) in [5.41, 5.74) is 1.77. The third-order valence-electron chi connectivity index (χ3n) is 4.18. The quantitative estimate of drug-likeness (QED) is 0.756. The van der Waals surface area contributed by atoms with Crippen molar-refractivity contribution in [2.45, 2.75) is 51.7 Å². The van der Waals surface area contributed by atoms with Gasteiger partial charge in [0.25, 0.3) is 0 Å². The van der Waals surface area contributed by atoms with Crippen LogP contribution >= 0.6 is 0 Å². The molecule has 0 spiro atoms. The maximum Gasteiger partial charge on any atom is 0.146 e. The highest BCUT2D eigenvalue weighted by atomic mass is 19.1. The van der Waals surface area contributed by atoms with Crippen LogP contribution in [0.15, 0.2) is 18.2 Å². The fourth-order valence-electron chi connectivity index (χ4n) is 2.53. The fraction of sp³-hybridized carbons (Fsp3) is 0.647. The van der Waals surface area contributed by atoms with Crippen LogP contribution in [0.3, 0.4) is 0 Å². The Morgan fingerprint density at radius 2 is 2.19 bits per heavy atom. The monoisotopic (exact) mass is 294 g/mol. The average Bonchev–Trinajstić information content (AvgIpc) is 3.31. The van der Waals surface area contributed by atoms with Crippen molar-refractivity contribution in [3.8, 4) is 0 Å². The van der Waals surface area contributed by atoms with E-state index in [9.17, 15) is 4.39 Å². The Hall–Kier alpha value is -1.13. The van der Waals surface area contributed by atoms with E-state index in [-0.39, 0.29) is 11.9 Å². The third kappa shape index (κ3) is 4.42. The molecule has 0 radical (unpaired) electrons. The Morgan fingerprint density at radius 3 is 2.81 bits per heavy atom. The van der Waals surface area contributed by atoms with E-state index in [0.717, 1.165) is 24.2 Å². The predicted molar refractivity (Wildman–Crippen MR) is 85.2 cm³/mol. The minimum atomic E-state index is -0.137. The van der Waals surface area contributed by atoms with Gasteiger partial charge in [-0.1, -0.05) is 19.1 Å². The Kier molecular flexibility index (Phi) is 6.00. The van der Waals surface area contributed by atoms with Crippen LogP contribution in [0, 0.1) is 5.82 Å². The number of hydrogen-bond donors (Lipinski definition) is 1. The molecule has 1 aliphatic rings. The topological polar surface area (TPSA) is 24.5 Å². The van der Waals surface area contributed by atoms with Crippen LogP contribution in [0.25, 0.3) is 0 Å². The van der Waals surface area contributed by atoms with Gasteiger partial charge in [0.1, 0.15) is 5.82 Å². The Bertz CT molecular complexity index is 448. The first-order valence-electron chi connectivity index (χ1n) is 7.93. The molecule has 0 aliphatic heterocycles. The second-order valence-corrected chi connectivity index (χ2v) is 5.85. The molecule has 1 N–H and O–H groups in total. The smallest absolute Gasteiger partial charge is 0.146 e. The van der Waals surface area contributed by atoms with Gasteiger partial charge in [0.2, 0.25) is 0 Å². The van der Waals surface area contributed by atoms with Gasteiger partial charge < -0.3 is 15.0 Å². The van der Waals surface area contributed by atoms with Gasteiger partial charge in [-0.05, 0) is 37.8 Å². The first-order chi connectivity index (χ1) is 10.2. The van der Waals surface area contributed by atoms with Gasteiger partial charge in [0.15, 0.2) is 0 Å². The minimum Gasteiger partial charge on any atom is -0.383 e. The predicted octanol–water partition coefficient (Wildman–Crippen LogP) is 3.33. The van der Waals surface area contributed by atoms with Crippen molar-refractivity contribution in [1.29, 1.82) is 0 Å². The van der Waals surface area contributed by atoms with Crippen LogP contribution in [0.4, 0.5) is 10.1 Å². The van der Waals surface area contributed by atoms with Crippen molar-refractivity contribution in [1.82, 2.24) is 5.32 Å². The van der Waals surface area contributed by atoms with Crippen LogP contribution in [-0.2, 0) is 11.3 Å². The molecule has 21 heavy (non-hydrogen) atoms. The average molecular weight is 294 g/mol. The molecule has 1 fully saturated rings. The van der Waals surface area contributed by atoms with Crippen LogP contribution in [0.2, 0.25) is 0 Å². The summed E-state index contributed by atoms with van der Waals surface area (Å²) < 4.78 is 19.7. The SMILES string of the molecule is CCC(C)N(CCOC)c1c(F)cccc1CNC1CC1. The highest BCUT2D eigenvalue weighted by molar-refractivity contribution is 5.55. The lowest BCUT2D eigenvalue weighted by molar-refractivity contribution is 0.203. The molecule has 1 atom stereocenters. The van der Waals surface area contributed by atoms with E-state index < -0.39 is 0 Å². The normalized spacial score (nSPS) is 16.0. The molecule has 118 valence electrons. The van der Waals surface area contributed by atoms with E-state index in [2.05, 4.69) is 24.1 Å². The summed E-state index contributed by atoms with van der Waals surface area (Å²) in [5.74, 6) is -0.137. The van der Waals surface area contributed by atoms with Gasteiger partial charge in [0.05, 0.1) is 12.3 Å². The van der Waals surface area contributed by atoms with E-state index in [1.165, 1.54) is 12.8 Å². The number of nitrogens with one attached hydrogen (secondary N) is 1. The van der Waals surface area contributed by atoms with Gasteiger partial charge in [-0.25, -0.2) is 4.39 Å². The van der Waals surface area contributed by atoms with Gasteiger partial charge >= 0.3 is 0 Å². The van der Waals surface area contributed by atoms with Crippen LogP contribution in [0.1, 0.15) is 38.7 Å². The van der Waals surface area contributed by atoms with Gasteiger partial charge in [0, 0.05) is 32.3 Å². The number of methoxy groups -OCH3 is 1. The lowest BCUT2D eigenvalue weighted by atomic mass is 10.1. The Labute approximate surface area is 127 Å². The van der Waals surface area contributed by atoms with E-state index in [1.807, 2.05) is 6.07 Å². The summed E-state index contributed by atoms with van der Waals surface area (Å²) in [6.07, 6.45) is 3.46. The zero-order valence-corrected chi connectivity index (χ0v) is 13.4.